The van der Waals surface area contributed by atoms with Crippen molar-refractivity contribution in [2.45, 2.75) is 63.7 Å². The van der Waals surface area contributed by atoms with Gasteiger partial charge < -0.3 is 42.9 Å². The third kappa shape index (κ3) is 7.96. The highest BCUT2D eigenvalue weighted by Gasteiger charge is 2.39. The SMILES string of the molecule is CC(C)C(N)C(=O)NC(CO)C(=O)N1CCCC1C(=O)NC(CCCN=C(N)N)C(=O)O. The molecule has 0 aromatic carbocycles. The van der Waals surface area contributed by atoms with Crippen LogP contribution in [0.3, 0.4) is 0 Å². The number of guanidine groups is 1. The molecule has 0 spiro atoms. The first-order chi connectivity index (χ1) is 15.0. The van der Waals surface area contributed by atoms with Crippen molar-refractivity contribution in [2.75, 3.05) is 19.7 Å². The maximum atomic E-state index is 12.9. The van der Waals surface area contributed by atoms with Gasteiger partial charge in [-0.3, -0.25) is 19.4 Å². The molecule has 0 aliphatic carbocycles. The van der Waals surface area contributed by atoms with Crippen LogP contribution in [0.5, 0.6) is 0 Å². The molecule has 4 atom stereocenters. The van der Waals surface area contributed by atoms with E-state index in [1.165, 1.54) is 4.90 Å². The lowest BCUT2D eigenvalue weighted by Gasteiger charge is -2.29. The normalized spacial score (nSPS) is 18.5. The van der Waals surface area contributed by atoms with Gasteiger partial charge >= 0.3 is 5.97 Å². The molecular formula is C19H35N7O6. The molecule has 4 unspecified atom stereocenters. The Kier molecular flexibility index (Phi) is 10.9. The lowest BCUT2D eigenvalue weighted by atomic mass is 10.0. The molecule has 0 bridgehead atoms. The summed E-state index contributed by atoms with van der Waals surface area (Å²) in [6.07, 6.45) is 1.28. The molecule has 3 amide bonds. The van der Waals surface area contributed by atoms with Crippen molar-refractivity contribution < 1.29 is 29.4 Å². The van der Waals surface area contributed by atoms with Gasteiger partial charge in [0.05, 0.1) is 12.6 Å². The lowest BCUT2D eigenvalue weighted by Crippen LogP contribution is -2.58. The monoisotopic (exact) mass is 457 g/mol. The van der Waals surface area contributed by atoms with E-state index in [9.17, 15) is 29.4 Å². The predicted octanol–water partition coefficient (Wildman–Crippen LogP) is -2.94. The number of nitrogens with zero attached hydrogens (tertiary/aromatic N) is 2. The first kappa shape index (κ1) is 27.1. The highest BCUT2D eigenvalue weighted by atomic mass is 16.4. The summed E-state index contributed by atoms with van der Waals surface area (Å²) >= 11 is 0. The third-order valence-corrected chi connectivity index (χ3v) is 5.22. The van der Waals surface area contributed by atoms with Crippen molar-refractivity contribution >= 4 is 29.7 Å². The second-order valence-electron chi connectivity index (χ2n) is 8.05. The van der Waals surface area contributed by atoms with Gasteiger partial charge in [-0.25, -0.2) is 4.79 Å². The van der Waals surface area contributed by atoms with E-state index >= 15 is 0 Å². The summed E-state index contributed by atoms with van der Waals surface area (Å²) in [7, 11) is 0. The number of carboxylic acids is 1. The van der Waals surface area contributed by atoms with Gasteiger partial charge in [-0.2, -0.15) is 0 Å². The number of aliphatic hydroxyl groups excluding tert-OH is 1. The zero-order chi connectivity index (χ0) is 24.4. The van der Waals surface area contributed by atoms with Gasteiger partial charge in [0.2, 0.25) is 17.7 Å². The molecule has 1 aliphatic rings. The molecule has 0 aromatic heterocycles. The number of aliphatic carboxylic acids is 1. The molecule has 13 heteroatoms. The first-order valence-corrected chi connectivity index (χ1v) is 10.5. The van der Waals surface area contributed by atoms with Gasteiger partial charge in [0, 0.05) is 13.1 Å². The van der Waals surface area contributed by atoms with E-state index in [2.05, 4.69) is 15.6 Å². The number of likely N-dealkylation sites (tertiary alicyclic amines) is 1. The largest absolute Gasteiger partial charge is 0.480 e. The Morgan fingerprint density at radius 1 is 1.16 bits per heavy atom. The standard InChI is InChI=1S/C19H35N7O6/c1-10(2)14(20)16(29)25-12(9-27)17(30)26-8-4-6-13(26)15(28)24-11(18(31)32)5-3-7-23-19(21)22/h10-14,27H,3-9,20H2,1-2H3,(H,24,28)(H,25,29)(H,31,32)(H4,21,22,23). The number of rotatable bonds is 12. The van der Waals surface area contributed by atoms with Crippen LogP contribution in [-0.2, 0) is 19.2 Å². The van der Waals surface area contributed by atoms with E-state index < -0.39 is 54.5 Å². The minimum atomic E-state index is -1.25. The average molecular weight is 458 g/mol. The van der Waals surface area contributed by atoms with E-state index in [-0.39, 0.29) is 31.4 Å². The molecular weight excluding hydrogens is 422 g/mol. The number of nitrogens with one attached hydrogen (secondary N) is 2. The Balaban J connectivity index is 2.79. The summed E-state index contributed by atoms with van der Waals surface area (Å²) in [5, 5.41) is 23.9. The van der Waals surface area contributed by atoms with Crippen LogP contribution in [0.1, 0.15) is 39.5 Å². The fraction of sp³-hybridized carbons (Fsp3) is 0.737. The molecule has 1 rings (SSSR count). The highest BCUT2D eigenvalue weighted by Crippen LogP contribution is 2.19. The molecule has 1 aliphatic heterocycles. The molecule has 1 fully saturated rings. The minimum Gasteiger partial charge on any atom is -0.480 e. The maximum Gasteiger partial charge on any atom is 0.326 e. The van der Waals surface area contributed by atoms with Crippen LogP contribution in [0.2, 0.25) is 0 Å². The van der Waals surface area contributed by atoms with Crippen LogP contribution >= 0.6 is 0 Å². The summed E-state index contributed by atoms with van der Waals surface area (Å²) in [6, 6.07) is -4.20. The summed E-state index contributed by atoms with van der Waals surface area (Å²) < 4.78 is 0. The van der Waals surface area contributed by atoms with Crippen LogP contribution in [-0.4, -0.2) is 88.6 Å². The maximum absolute atomic E-state index is 12.9. The lowest BCUT2D eigenvalue weighted by molar-refractivity contribution is -0.145. The summed E-state index contributed by atoms with van der Waals surface area (Å²) in [6.45, 7) is 3.28. The van der Waals surface area contributed by atoms with Gasteiger partial charge in [-0.05, 0) is 31.6 Å². The Bertz CT molecular complexity index is 710. The topological polar surface area (TPSA) is 226 Å². The number of carboxylic acid groups (broad SMARTS) is 1. The van der Waals surface area contributed by atoms with E-state index in [0.717, 1.165) is 0 Å². The van der Waals surface area contributed by atoms with Gasteiger partial charge in [0.1, 0.15) is 18.1 Å². The molecule has 1 heterocycles. The van der Waals surface area contributed by atoms with Crippen molar-refractivity contribution in [1.29, 1.82) is 0 Å². The smallest absolute Gasteiger partial charge is 0.326 e. The first-order valence-electron chi connectivity index (χ1n) is 10.5. The predicted molar refractivity (Wildman–Crippen MR) is 116 cm³/mol. The van der Waals surface area contributed by atoms with E-state index in [4.69, 9.17) is 17.2 Å². The van der Waals surface area contributed by atoms with E-state index in [1.807, 2.05) is 0 Å². The van der Waals surface area contributed by atoms with Crippen molar-refractivity contribution in [2.24, 2.45) is 28.1 Å². The highest BCUT2D eigenvalue weighted by molar-refractivity contribution is 5.94. The second-order valence-corrected chi connectivity index (χ2v) is 8.05. The Labute approximate surface area is 186 Å². The number of amides is 3. The molecule has 182 valence electrons. The zero-order valence-corrected chi connectivity index (χ0v) is 18.5. The Morgan fingerprint density at radius 2 is 1.81 bits per heavy atom. The summed E-state index contributed by atoms with van der Waals surface area (Å²) in [5.41, 5.74) is 16.2. The number of aliphatic hydroxyl groups is 1. The zero-order valence-electron chi connectivity index (χ0n) is 18.5. The minimum absolute atomic E-state index is 0.0981. The van der Waals surface area contributed by atoms with Crippen molar-refractivity contribution in [3.8, 4) is 0 Å². The average Bonchev–Trinajstić information content (AvgIpc) is 3.22. The van der Waals surface area contributed by atoms with Gasteiger partial charge in [0.25, 0.3) is 0 Å². The van der Waals surface area contributed by atoms with E-state index in [1.54, 1.807) is 13.8 Å². The molecule has 0 saturated carbocycles. The number of nitrogens with two attached hydrogens (primary N) is 3. The Morgan fingerprint density at radius 3 is 2.34 bits per heavy atom. The number of aliphatic imine (C=N–C) groups is 1. The van der Waals surface area contributed by atoms with Crippen molar-refractivity contribution in [3.63, 3.8) is 0 Å². The second kappa shape index (κ2) is 12.8. The summed E-state index contributed by atoms with van der Waals surface area (Å²) in [5.74, 6) is -3.34. The Hall–Kier alpha value is -2.93. The van der Waals surface area contributed by atoms with Crippen LogP contribution in [0.15, 0.2) is 4.99 Å². The molecule has 0 aromatic rings. The molecule has 32 heavy (non-hydrogen) atoms. The van der Waals surface area contributed by atoms with Crippen LogP contribution in [0, 0.1) is 5.92 Å². The number of hydrogen-bond acceptors (Lipinski definition) is 7. The van der Waals surface area contributed by atoms with Crippen molar-refractivity contribution in [3.05, 3.63) is 0 Å². The fourth-order valence-corrected chi connectivity index (χ4v) is 3.29. The van der Waals surface area contributed by atoms with Crippen LogP contribution < -0.4 is 27.8 Å². The van der Waals surface area contributed by atoms with E-state index in [0.29, 0.717) is 19.3 Å². The third-order valence-electron chi connectivity index (χ3n) is 5.22. The number of hydrogen-bond donors (Lipinski definition) is 7. The van der Waals surface area contributed by atoms with Gasteiger partial charge in [-0.15, -0.1) is 0 Å². The van der Waals surface area contributed by atoms with Gasteiger partial charge in [-0.1, -0.05) is 13.8 Å². The van der Waals surface area contributed by atoms with Crippen molar-refractivity contribution in [1.82, 2.24) is 15.5 Å². The molecule has 0 radical (unpaired) electrons. The molecule has 10 N–H and O–H groups in total. The summed E-state index contributed by atoms with van der Waals surface area (Å²) in [4.78, 5) is 54.3. The molecule has 13 nitrogen and oxygen atoms in total. The molecule has 1 saturated heterocycles. The quantitative estimate of drug-likeness (QED) is 0.0902. The number of carbonyl (C=O) groups is 4. The van der Waals surface area contributed by atoms with Crippen LogP contribution in [0.25, 0.3) is 0 Å². The number of carbonyl (C=O) groups excluding carboxylic acids is 3. The fourth-order valence-electron chi connectivity index (χ4n) is 3.29. The van der Waals surface area contributed by atoms with Gasteiger partial charge in [0.15, 0.2) is 5.96 Å². The van der Waals surface area contributed by atoms with Crippen LogP contribution in [0.4, 0.5) is 0 Å².